The number of hydrogen-bond donors (Lipinski definition) is 2. The molecule has 2 amide bonds. The summed E-state index contributed by atoms with van der Waals surface area (Å²) in [4.78, 5) is 34.9. The number of nitrogens with zero attached hydrogens (tertiary/aromatic N) is 1. The molecule has 164 valence electrons. The van der Waals surface area contributed by atoms with Crippen LogP contribution in [-0.4, -0.2) is 16.7 Å². The van der Waals surface area contributed by atoms with E-state index >= 15 is 0 Å². The maximum Gasteiger partial charge on any atom is 0.280 e. The minimum Gasteiger partial charge on any atom is -0.456 e. The van der Waals surface area contributed by atoms with E-state index in [1.54, 1.807) is 54.6 Å². The van der Waals surface area contributed by atoms with Crippen LogP contribution in [0.5, 0.6) is 0 Å². The molecule has 2 N–H and O–H groups in total. The minimum atomic E-state index is -0.472. The van der Waals surface area contributed by atoms with Crippen molar-refractivity contribution in [2.24, 2.45) is 5.92 Å². The Bertz CT molecular complexity index is 1160. The summed E-state index contributed by atoms with van der Waals surface area (Å²) < 4.78 is 5.64. The Morgan fingerprint density at radius 1 is 1.03 bits per heavy atom. The van der Waals surface area contributed by atoms with Gasteiger partial charge in [0.1, 0.15) is 11.5 Å². The van der Waals surface area contributed by atoms with Gasteiger partial charge < -0.3 is 15.1 Å². The summed E-state index contributed by atoms with van der Waals surface area (Å²) in [5, 5.41) is 16.7. The number of carbonyl (C=O) groups excluding carboxylic acids is 2. The molecule has 1 aromatic heterocycles. The normalized spacial score (nSPS) is 11.0. The van der Waals surface area contributed by atoms with Crippen molar-refractivity contribution in [3.05, 3.63) is 82.6 Å². The Morgan fingerprint density at radius 3 is 2.47 bits per heavy atom. The van der Waals surface area contributed by atoms with Crippen LogP contribution in [-0.2, 0) is 9.59 Å². The fourth-order valence-electron chi connectivity index (χ4n) is 3.03. The van der Waals surface area contributed by atoms with Gasteiger partial charge in [-0.2, -0.15) is 0 Å². The summed E-state index contributed by atoms with van der Waals surface area (Å²) in [7, 11) is 0. The first-order valence-electron chi connectivity index (χ1n) is 10.0. The van der Waals surface area contributed by atoms with E-state index in [9.17, 15) is 19.7 Å². The van der Waals surface area contributed by atoms with Crippen LogP contribution in [0.4, 0.5) is 17.1 Å². The van der Waals surface area contributed by atoms with E-state index in [1.165, 1.54) is 18.2 Å². The molecule has 8 nitrogen and oxygen atoms in total. The van der Waals surface area contributed by atoms with Crippen molar-refractivity contribution in [3.8, 4) is 11.3 Å². The highest BCUT2D eigenvalue weighted by Gasteiger charge is 2.16. The Balaban J connectivity index is 1.64. The molecule has 0 atom stereocenters. The number of nitrogens with one attached hydrogen (secondary N) is 2. The zero-order chi connectivity index (χ0) is 23.1. The molecular weight excluding hydrogens is 410 g/mol. The number of rotatable bonds is 8. The lowest BCUT2D eigenvalue weighted by Crippen LogP contribution is -2.14. The number of benzene rings is 2. The molecule has 0 radical (unpaired) electrons. The first-order valence-corrected chi connectivity index (χ1v) is 10.0. The zero-order valence-electron chi connectivity index (χ0n) is 17.7. The van der Waals surface area contributed by atoms with E-state index in [4.69, 9.17) is 4.42 Å². The van der Waals surface area contributed by atoms with E-state index in [-0.39, 0.29) is 23.4 Å². The molecule has 2 aromatic carbocycles. The lowest BCUT2D eigenvalue weighted by molar-refractivity contribution is -0.384. The highest BCUT2D eigenvalue weighted by molar-refractivity contribution is 6.02. The lowest BCUT2D eigenvalue weighted by Gasteiger charge is -2.09. The van der Waals surface area contributed by atoms with Crippen LogP contribution in [0.25, 0.3) is 17.4 Å². The van der Waals surface area contributed by atoms with Crippen LogP contribution in [0.3, 0.4) is 0 Å². The molecule has 0 aliphatic rings. The molecule has 0 fully saturated rings. The summed E-state index contributed by atoms with van der Waals surface area (Å²) in [6.07, 6.45) is 3.19. The highest BCUT2D eigenvalue weighted by Crippen LogP contribution is 2.31. The van der Waals surface area contributed by atoms with Gasteiger partial charge in [0.25, 0.3) is 5.69 Å². The fourth-order valence-corrected chi connectivity index (χ4v) is 3.03. The van der Waals surface area contributed by atoms with Crippen molar-refractivity contribution in [3.63, 3.8) is 0 Å². The highest BCUT2D eigenvalue weighted by atomic mass is 16.6. The van der Waals surface area contributed by atoms with Gasteiger partial charge >= 0.3 is 0 Å². The Morgan fingerprint density at radius 2 is 1.75 bits per heavy atom. The summed E-state index contributed by atoms with van der Waals surface area (Å²) in [6, 6.07) is 16.4. The summed E-state index contributed by atoms with van der Waals surface area (Å²) >= 11 is 0. The second kappa shape index (κ2) is 10.2. The third-order valence-electron chi connectivity index (χ3n) is 4.40. The number of amides is 2. The molecule has 0 aliphatic carbocycles. The predicted molar refractivity (Wildman–Crippen MR) is 123 cm³/mol. The number of furan rings is 1. The largest absolute Gasteiger partial charge is 0.456 e. The van der Waals surface area contributed by atoms with Gasteiger partial charge in [-0.25, -0.2) is 0 Å². The van der Waals surface area contributed by atoms with Gasteiger partial charge in [0.2, 0.25) is 11.8 Å². The zero-order valence-corrected chi connectivity index (χ0v) is 17.7. The third kappa shape index (κ3) is 6.15. The van der Waals surface area contributed by atoms with E-state index < -0.39 is 4.92 Å². The van der Waals surface area contributed by atoms with Gasteiger partial charge in [-0.3, -0.25) is 19.7 Å². The van der Waals surface area contributed by atoms with Gasteiger partial charge in [-0.15, -0.1) is 0 Å². The molecule has 1 heterocycles. The van der Waals surface area contributed by atoms with Gasteiger partial charge in [-0.05, 0) is 48.4 Å². The first kappa shape index (κ1) is 22.5. The van der Waals surface area contributed by atoms with Crippen molar-refractivity contribution in [1.82, 2.24) is 0 Å². The van der Waals surface area contributed by atoms with Gasteiger partial charge in [0, 0.05) is 29.9 Å². The summed E-state index contributed by atoms with van der Waals surface area (Å²) in [5.74, 6) is 0.485. The third-order valence-corrected chi connectivity index (χ3v) is 4.40. The number of anilines is 2. The van der Waals surface area contributed by atoms with Crippen molar-refractivity contribution in [1.29, 1.82) is 0 Å². The van der Waals surface area contributed by atoms with Crippen LogP contribution in [0.15, 0.2) is 71.2 Å². The second-order valence-corrected chi connectivity index (χ2v) is 7.53. The van der Waals surface area contributed by atoms with Crippen LogP contribution < -0.4 is 10.6 Å². The molecule has 8 heteroatoms. The number of nitro groups is 1. The van der Waals surface area contributed by atoms with Gasteiger partial charge in [0.15, 0.2) is 0 Å². The van der Waals surface area contributed by atoms with Crippen molar-refractivity contribution in [2.75, 3.05) is 10.6 Å². The average molecular weight is 433 g/mol. The van der Waals surface area contributed by atoms with Crippen LogP contribution in [0.2, 0.25) is 0 Å². The minimum absolute atomic E-state index is 0.0597. The molecular formula is C24H23N3O5. The summed E-state index contributed by atoms with van der Waals surface area (Å²) in [5.41, 5.74) is 1.42. The summed E-state index contributed by atoms with van der Waals surface area (Å²) in [6.45, 7) is 3.93. The number of nitro benzene ring substituents is 1. The van der Waals surface area contributed by atoms with E-state index in [2.05, 4.69) is 10.6 Å². The molecule has 0 bridgehead atoms. The van der Waals surface area contributed by atoms with E-state index in [0.29, 0.717) is 34.9 Å². The van der Waals surface area contributed by atoms with Gasteiger partial charge in [-0.1, -0.05) is 32.0 Å². The quantitative estimate of drug-likeness (QED) is 0.277. The number of para-hydroxylation sites is 1. The monoisotopic (exact) mass is 433 g/mol. The molecule has 0 unspecified atom stereocenters. The number of hydrogen-bond acceptors (Lipinski definition) is 5. The second-order valence-electron chi connectivity index (χ2n) is 7.53. The molecule has 0 aliphatic heterocycles. The van der Waals surface area contributed by atoms with Crippen LogP contribution in [0, 0.1) is 16.0 Å². The Kier molecular flexibility index (Phi) is 7.17. The van der Waals surface area contributed by atoms with Crippen molar-refractivity contribution in [2.45, 2.75) is 20.3 Å². The first-order chi connectivity index (χ1) is 15.3. The molecule has 0 spiro atoms. The fraction of sp³-hybridized carbons (Fsp3) is 0.167. The van der Waals surface area contributed by atoms with Crippen LogP contribution >= 0.6 is 0 Å². The molecule has 3 rings (SSSR count). The maximum absolute atomic E-state index is 12.3. The standard InChI is InChI=1S/C24H23N3O5/c1-16(2)14-24(29)26-18-7-5-6-17(15-18)25-23(28)13-11-19-10-12-22(32-19)20-8-3-4-9-21(20)27(30)31/h3-13,15-16H,14H2,1-2H3,(H,25,28)(H,26,29)/b13-11+. The topological polar surface area (TPSA) is 114 Å². The molecule has 3 aromatic rings. The average Bonchev–Trinajstić information content (AvgIpc) is 3.21. The molecule has 0 saturated carbocycles. The van der Waals surface area contributed by atoms with E-state index in [0.717, 1.165) is 0 Å². The SMILES string of the molecule is CC(C)CC(=O)Nc1cccc(NC(=O)/C=C/c2ccc(-c3ccccc3[N+](=O)[O-])o2)c1. The maximum atomic E-state index is 12.3. The van der Waals surface area contributed by atoms with Crippen molar-refractivity contribution >= 4 is 35.0 Å². The van der Waals surface area contributed by atoms with E-state index in [1.807, 2.05) is 13.8 Å². The number of carbonyl (C=O) groups is 2. The molecule has 32 heavy (non-hydrogen) atoms. The van der Waals surface area contributed by atoms with Gasteiger partial charge in [0.05, 0.1) is 10.5 Å². The predicted octanol–water partition coefficient (Wildman–Crippen LogP) is 5.49. The Hall–Kier alpha value is -4.20. The van der Waals surface area contributed by atoms with Crippen molar-refractivity contribution < 1.29 is 18.9 Å². The van der Waals surface area contributed by atoms with Crippen LogP contribution in [0.1, 0.15) is 26.0 Å². The lowest BCUT2D eigenvalue weighted by atomic mass is 10.1. The smallest absolute Gasteiger partial charge is 0.280 e. The Labute approximate surface area is 185 Å². The molecule has 0 saturated heterocycles.